The highest BCUT2D eigenvalue weighted by atomic mass is 35.5. The van der Waals surface area contributed by atoms with Crippen LogP contribution in [0.2, 0.25) is 5.28 Å². The van der Waals surface area contributed by atoms with Gasteiger partial charge in [-0.05, 0) is 31.0 Å². The Morgan fingerprint density at radius 2 is 1.95 bits per heavy atom. The average Bonchev–Trinajstić information content (AvgIpc) is 2.93. The highest BCUT2D eigenvalue weighted by molar-refractivity contribution is 7.13. The van der Waals surface area contributed by atoms with Gasteiger partial charge in [0.15, 0.2) is 0 Å². The second-order valence-corrected chi connectivity index (χ2v) is 6.17. The van der Waals surface area contributed by atoms with Crippen molar-refractivity contribution in [2.45, 2.75) is 20.4 Å². The standard InChI is InChI=1S/C16H15ClN4S/c1-10-5-3-4-6-13(10)15-20-12(9-22-15)8-18-14-7-11(2)19-16(17)21-14/h3-7,9H,8H2,1-2H3,(H,18,19,21). The quantitative estimate of drug-likeness (QED) is 0.716. The lowest BCUT2D eigenvalue weighted by atomic mass is 10.1. The third kappa shape index (κ3) is 3.43. The molecule has 2 heterocycles. The molecule has 0 fully saturated rings. The SMILES string of the molecule is Cc1cc(NCc2csc(-c3ccccc3C)n2)nc(Cl)n1. The molecule has 1 aromatic carbocycles. The number of nitrogens with one attached hydrogen (secondary N) is 1. The first-order valence-corrected chi connectivity index (χ1v) is 8.13. The van der Waals surface area contributed by atoms with Crippen LogP contribution in [0.15, 0.2) is 35.7 Å². The van der Waals surface area contributed by atoms with E-state index in [1.807, 2.05) is 25.1 Å². The fraction of sp³-hybridized carbons (Fsp3) is 0.188. The van der Waals surface area contributed by atoms with E-state index in [0.717, 1.165) is 16.4 Å². The number of hydrogen-bond donors (Lipinski definition) is 1. The van der Waals surface area contributed by atoms with Crippen molar-refractivity contribution in [2.24, 2.45) is 0 Å². The predicted molar refractivity (Wildman–Crippen MR) is 91.4 cm³/mol. The predicted octanol–water partition coefficient (Wildman–Crippen LogP) is 4.48. The molecule has 0 spiro atoms. The van der Waals surface area contributed by atoms with Gasteiger partial charge in [-0.1, -0.05) is 24.3 Å². The van der Waals surface area contributed by atoms with Gasteiger partial charge in [0.25, 0.3) is 0 Å². The van der Waals surface area contributed by atoms with Crippen molar-refractivity contribution < 1.29 is 0 Å². The number of rotatable bonds is 4. The topological polar surface area (TPSA) is 50.7 Å². The normalized spacial score (nSPS) is 10.7. The third-order valence-corrected chi connectivity index (χ3v) is 4.30. The Bertz CT molecular complexity index is 780. The monoisotopic (exact) mass is 330 g/mol. The number of aromatic nitrogens is 3. The van der Waals surface area contributed by atoms with Crippen molar-refractivity contribution in [3.8, 4) is 10.6 Å². The molecule has 0 radical (unpaired) electrons. The zero-order valence-corrected chi connectivity index (χ0v) is 13.9. The first kappa shape index (κ1) is 14.9. The lowest BCUT2D eigenvalue weighted by Gasteiger charge is -2.04. The number of thiazole rings is 1. The number of hydrogen-bond acceptors (Lipinski definition) is 5. The molecular formula is C16H15ClN4S. The summed E-state index contributed by atoms with van der Waals surface area (Å²) in [7, 11) is 0. The largest absolute Gasteiger partial charge is 0.364 e. The van der Waals surface area contributed by atoms with E-state index in [9.17, 15) is 0 Å². The van der Waals surface area contributed by atoms with Crippen LogP contribution >= 0.6 is 22.9 Å². The Balaban J connectivity index is 1.73. The lowest BCUT2D eigenvalue weighted by Crippen LogP contribution is -2.03. The van der Waals surface area contributed by atoms with Crippen molar-refractivity contribution in [2.75, 3.05) is 5.32 Å². The van der Waals surface area contributed by atoms with Crippen LogP contribution in [0.1, 0.15) is 17.0 Å². The lowest BCUT2D eigenvalue weighted by molar-refractivity contribution is 1.03. The molecule has 3 rings (SSSR count). The molecule has 0 aliphatic heterocycles. The molecule has 0 bridgehead atoms. The summed E-state index contributed by atoms with van der Waals surface area (Å²) in [5.74, 6) is 0.711. The molecule has 0 aliphatic carbocycles. The number of anilines is 1. The average molecular weight is 331 g/mol. The molecule has 0 aliphatic rings. The van der Waals surface area contributed by atoms with Gasteiger partial charge in [-0.25, -0.2) is 15.0 Å². The highest BCUT2D eigenvalue weighted by Crippen LogP contribution is 2.26. The second-order valence-electron chi connectivity index (χ2n) is 4.98. The third-order valence-electron chi connectivity index (χ3n) is 3.20. The molecule has 0 unspecified atom stereocenters. The molecular weight excluding hydrogens is 316 g/mol. The summed E-state index contributed by atoms with van der Waals surface area (Å²) in [5, 5.41) is 6.58. The van der Waals surface area contributed by atoms with E-state index in [2.05, 4.69) is 44.7 Å². The van der Waals surface area contributed by atoms with E-state index < -0.39 is 0 Å². The van der Waals surface area contributed by atoms with Crippen LogP contribution in [-0.4, -0.2) is 15.0 Å². The molecule has 0 saturated carbocycles. The summed E-state index contributed by atoms with van der Waals surface area (Å²) >= 11 is 7.51. The van der Waals surface area contributed by atoms with Crippen molar-refractivity contribution in [1.29, 1.82) is 0 Å². The Labute approximate surface area is 138 Å². The summed E-state index contributed by atoms with van der Waals surface area (Å²) in [6, 6.07) is 10.1. The van der Waals surface area contributed by atoms with Gasteiger partial charge >= 0.3 is 0 Å². The van der Waals surface area contributed by atoms with E-state index >= 15 is 0 Å². The molecule has 3 aromatic rings. The fourth-order valence-electron chi connectivity index (χ4n) is 2.13. The van der Waals surface area contributed by atoms with Crippen molar-refractivity contribution in [3.63, 3.8) is 0 Å². The van der Waals surface area contributed by atoms with Gasteiger partial charge in [0.1, 0.15) is 10.8 Å². The minimum absolute atomic E-state index is 0.251. The van der Waals surface area contributed by atoms with Gasteiger partial charge in [-0.3, -0.25) is 0 Å². The van der Waals surface area contributed by atoms with E-state index in [1.165, 1.54) is 11.1 Å². The molecule has 0 atom stereocenters. The summed E-state index contributed by atoms with van der Waals surface area (Å²) in [6.45, 7) is 4.59. The van der Waals surface area contributed by atoms with Crippen LogP contribution in [0.4, 0.5) is 5.82 Å². The van der Waals surface area contributed by atoms with Crippen molar-refractivity contribution >= 4 is 28.8 Å². The summed E-state index contributed by atoms with van der Waals surface area (Å²) in [6.07, 6.45) is 0. The zero-order valence-electron chi connectivity index (χ0n) is 12.3. The number of halogens is 1. The molecule has 6 heteroatoms. The molecule has 4 nitrogen and oxygen atoms in total. The zero-order chi connectivity index (χ0) is 15.5. The van der Waals surface area contributed by atoms with E-state index in [4.69, 9.17) is 11.6 Å². The molecule has 1 N–H and O–H groups in total. The van der Waals surface area contributed by atoms with Gasteiger partial charge in [-0.2, -0.15) is 0 Å². The fourth-order valence-corrected chi connectivity index (χ4v) is 3.26. The highest BCUT2D eigenvalue weighted by Gasteiger charge is 2.07. The van der Waals surface area contributed by atoms with Gasteiger partial charge in [0, 0.05) is 22.7 Å². The van der Waals surface area contributed by atoms with Gasteiger partial charge in [-0.15, -0.1) is 11.3 Å². The Morgan fingerprint density at radius 3 is 2.73 bits per heavy atom. The minimum Gasteiger partial charge on any atom is -0.364 e. The van der Waals surface area contributed by atoms with Crippen LogP contribution < -0.4 is 5.32 Å². The van der Waals surface area contributed by atoms with E-state index in [-0.39, 0.29) is 5.28 Å². The Morgan fingerprint density at radius 1 is 1.14 bits per heavy atom. The molecule has 0 amide bonds. The van der Waals surface area contributed by atoms with Crippen LogP contribution in [0, 0.1) is 13.8 Å². The maximum atomic E-state index is 5.86. The Kier molecular flexibility index (Phi) is 4.36. The van der Waals surface area contributed by atoms with Gasteiger partial charge in [0.2, 0.25) is 5.28 Å². The number of benzene rings is 1. The summed E-state index contributed by atoms with van der Waals surface area (Å²) in [4.78, 5) is 12.9. The van der Waals surface area contributed by atoms with Crippen LogP contribution in [0.3, 0.4) is 0 Å². The van der Waals surface area contributed by atoms with Crippen LogP contribution in [0.25, 0.3) is 10.6 Å². The molecule has 2 aromatic heterocycles. The van der Waals surface area contributed by atoms with E-state index in [0.29, 0.717) is 12.4 Å². The summed E-state index contributed by atoms with van der Waals surface area (Å²) in [5.41, 5.74) is 4.23. The molecule has 22 heavy (non-hydrogen) atoms. The van der Waals surface area contributed by atoms with Gasteiger partial charge in [0.05, 0.1) is 12.2 Å². The van der Waals surface area contributed by atoms with Crippen LogP contribution in [-0.2, 0) is 6.54 Å². The first-order chi connectivity index (χ1) is 10.6. The van der Waals surface area contributed by atoms with Crippen LogP contribution in [0.5, 0.6) is 0 Å². The van der Waals surface area contributed by atoms with Crippen molar-refractivity contribution in [1.82, 2.24) is 15.0 Å². The smallest absolute Gasteiger partial charge is 0.224 e. The van der Waals surface area contributed by atoms with Crippen molar-refractivity contribution in [3.05, 3.63) is 57.9 Å². The Hall–Kier alpha value is -1.98. The number of aryl methyl sites for hydroxylation is 2. The maximum absolute atomic E-state index is 5.86. The molecule has 112 valence electrons. The molecule has 0 saturated heterocycles. The van der Waals surface area contributed by atoms with E-state index in [1.54, 1.807) is 11.3 Å². The van der Waals surface area contributed by atoms with Gasteiger partial charge < -0.3 is 5.32 Å². The first-order valence-electron chi connectivity index (χ1n) is 6.87. The number of nitrogens with zero attached hydrogens (tertiary/aromatic N) is 3. The minimum atomic E-state index is 0.251. The maximum Gasteiger partial charge on any atom is 0.224 e. The second kappa shape index (κ2) is 6.42. The summed E-state index contributed by atoms with van der Waals surface area (Å²) < 4.78 is 0.